The van der Waals surface area contributed by atoms with E-state index in [0.29, 0.717) is 12.2 Å². The van der Waals surface area contributed by atoms with E-state index in [0.717, 1.165) is 17.2 Å². The van der Waals surface area contributed by atoms with Crippen molar-refractivity contribution >= 4 is 22.5 Å². The van der Waals surface area contributed by atoms with Gasteiger partial charge in [0.1, 0.15) is 10.6 Å². The summed E-state index contributed by atoms with van der Waals surface area (Å²) in [5.41, 5.74) is 1.52. The molecule has 0 unspecified atom stereocenters. The summed E-state index contributed by atoms with van der Waals surface area (Å²) in [6, 6.07) is 0. The number of aryl methyl sites for hydroxylation is 1. The Morgan fingerprint density at radius 2 is 2.10 bits per heavy atom. The third kappa shape index (κ3) is 3.37. The van der Waals surface area contributed by atoms with Gasteiger partial charge < -0.3 is 15.0 Å². The molecule has 1 heterocycles. The van der Waals surface area contributed by atoms with Crippen molar-refractivity contribution in [3.63, 3.8) is 0 Å². The smallest absolute Gasteiger partial charge is 0.343 e. The molecule has 0 radical (unpaired) electrons. The Hall–Kier alpha value is -1.14. The maximum atomic E-state index is 12.1. The number of hydrogen-bond acceptors (Lipinski definition) is 6. The van der Waals surface area contributed by atoms with Gasteiger partial charge in [-0.25, -0.2) is 4.79 Å². The van der Waals surface area contributed by atoms with E-state index in [1.54, 1.807) is 0 Å². The van der Waals surface area contributed by atoms with Crippen LogP contribution in [0.4, 0.5) is 5.00 Å². The van der Waals surface area contributed by atoms with Crippen LogP contribution in [0.1, 0.15) is 48.7 Å². The number of rotatable bonds is 6. The Morgan fingerprint density at radius 1 is 1.43 bits per heavy atom. The zero-order valence-corrected chi connectivity index (χ0v) is 14.2. The largest absolute Gasteiger partial charge is 0.462 e. The summed E-state index contributed by atoms with van der Waals surface area (Å²) in [6.07, 6.45) is 4.93. The van der Waals surface area contributed by atoms with Crippen LogP contribution in [0.15, 0.2) is 0 Å². The van der Waals surface area contributed by atoms with Crippen LogP contribution in [0.25, 0.3) is 0 Å². The molecule has 1 aliphatic carbocycles. The molecule has 1 aliphatic rings. The number of aromatic nitrogens is 1. The number of hydrogen-bond donors (Lipinski definition) is 1. The molecule has 1 saturated carbocycles. The van der Waals surface area contributed by atoms with Crippen molar-refractivity contribution < 1.29 is 9.53 Å². The quantitative estimate of drug-likeness (QED) is 0.819. The minimum Gasteiger partial charge on any atom is -0.462 e. The molecule has 0 saturated heterocycles. The molecule has 0 aliphatic heterocycles. The topological polar surface area (TPSA) is 54.5 Å². The number of nitrogens with zero attached hydrogens (tertiary/aromatic N) is 2. The molecule has 6 heteroatoms. The Labute approximate surface area is 130 Å². The number of ether oxygens (including phenoxy) is 1. The van der Waals surface area contributed by atoms with Crippen LogP contribution in [0.5, 0.6) is 0 Å². The number of carbonyl (C=O) groups excluding carboxylic acids is 1. The fourth-order valence-corrected chi connectivity index (χ4v) is 3.77. The molecule has 0 spiro atoms. The van der Waals surface area contributed by atoms with Crippen LogP contribution < -0.4 is 5.32 Å². The second kappa shape index (κ2) is 6.75. The van der Waals surface area contributed by atoms with Crippen molar-refractivity contribution in [2.45, 2.75) is 45.1 Å². The average molecular weight is 311 g/mol. The van der Waals surface area contributed by atoms with E-state index in [1.165, 1.54) is 37.2 Å². The molecule has 1 N–H and O–H groups in total. The highest BCUT2D eigenvalue weighted by molar-refractivity contribution is 7.10. The Kier molecular flexibility index (Phi) is 5.22. The van der Waals surface area contributed by atoms with Crippen LogP contribution in [-0.4, -0.2) is 48.0 Å². The highest BCUT2D eigenvalue weighted by Gasteiger charge is 2.36. The van der Waals surface area contributed by atoms with Gasteiger partial charge in [0.25, 0.3) is 0 Å². The number of carbonyl (C=O) groups is 1. The van der Waals surface area contributed by atoms with Crippen molar-refractivity contribution in [3.05, 3.63) is 11.3 Å². The van der Waals surface area contributed by atoms with E-state index in [-0.39, 0.29) is 11.5 Å². The molecule has 2 rings (SSSR count). The minimum atomic E-state index is -0.281. The predicted octanol–water partition coefficient (Wildman–Crippen LogP) is 2.91. The van der Waals surface area contributed by atoms with Crippen molar-refractivity contribution in [3.8, 4) is 0 Å². The second-order valence-electron chi connectivity index (χ2n) is 5.87. The number of esters is 1. The van der Waals surface area contributed by atoms with E-state index < -0.39 is 0 Å². The summed E-state index contributed by atoms with van der Waals surface area (Å²) in [5.74, 6) is -0.281. The molecule has 0 bridgehead atoms. The molecule has 21 heavy (non-hydrogen) atoms. The summed E-state index contributed by atoms with van der Waals surface area (Å²) in [5, 5.41) is 4.28. The van der Waals surface area contributed by atoms with Gasteiger partial charge in [-0.3, -0.25) is 0 Å². The first-order valence-corrected chi connectivity index (χ1v) is 8.32. The third-order valence-electron chi connectivity index (χ3n) is 4.40. The molecule has 0 amide bonds. The maximum absolute atomic E-state index is 12.1. The van der Waals surface area contributed by atoms with Gasteiger partial charge in [-0.2, -0.15) is 4.37 Å². The predicted molar refractivity (Wildman–Crippen MR) is 86.2 cm³/mol. The van der Waals surface area contributed by atoms with E-state index >= 15 is 0 Å². The van der Waals surface area contributed by atoms with Gasteiger partial charge in [-0.15, -0.1) is 0 Å². The molecule has 118 valence electrons. The molecular formula is C15H25N3O2S. The average Bonchev–Trinajstić information content (AvgIpc) is 3.04. The fourth-order valence-electron chi connectivity index (χ4n) is 2.99. The van der Waals surface area contributed by atoms with Gasteiger partial charge in [-0.1, -0.05) is 12.8 Å². The van der Waals surface area contributed by atoms with E-state index in [2.05, 4.69) is 28.7 Å². The molecule has 1 aromatic heterocycles. The third-order valence-corrected chi connectivity index (χ3v) is 5.30. The van der Waals surface area contributed by atoms with Gasteiger partial charge in [-0.05, 0) is 52.3 Å². The molecule has 0 aromatic carbocycles. The van der Waals surface area contributed by atoms with Gasteiger partial charge in [0.05, 0.1) is 12.3 Å². The van der Waals surface area contributed by atoms with Crippen LogP contribution in [-0.2, 0) is 4.74 Å². The van der Waals surface area contributed by atoms with Gasteiger partial charge in [0, 0.05) is 12.1 Å². The lowest BCUT2D eigenvalue weighted by molar-refractivity contribution is 0.0526. The summed E-state index contributed by atoms with van der Waals surface area (Å²) >= 11 is 1.34. The minimum absolute atomic E-state index is 0.184. The normalized spacial score (nSPS) is 17.2. The van der Waals surface area contributed by atoms with Gasteiger partial charge in [0.15, 0.2) is 0 Å². The zero-order valence-electron chi connectivity index (χ0n) is 13.4. The van der Waals surface area contributed by atoms with Crippen molar-refractivity contribution in [2.75, 3.05) is 32.6 Å². The molecule has 1 fully saturated rings. The SMILES string of the molecule is CCOC(=O)c1c(C)nsc1NCC1(N(C)C)CCCC1. The first-order valence-electron chi connectivity index (χ1n) is 7.55. The molecule has 1 aromatic rings. The summed E-state index contributed by atoms with van der Waals surface area (Å²) in [4.78, 5) is 14.4. The summed E-state index contributed by atoms with van der Waals surface area (Å²) in [7, 11) is 4.27. The van der Waals surface area contributed by atoms with Gasteiger partial charge >= 0.3 is 5.97 Å². The fraction of sp³-hybridized carbons (Fsp3) is 0.733. The Morgan fingerprint density at radius 3 is 2.67 bits per heavy atom. The standard InChI is InChI=1S/C15H25N3O2S/c1-5-20-14(19)12-11(2)17-21-13(12)16-10-15(18(3)4)8-6-7-9-15/h16H,5-10H2,1-4H3. The maximum Gasteiger partial charge on any atom is 0.343 e. The van der Waals surface area contributed by atoms with Crippen LogP contribution in [0.3, 0.4) is 0 Å². The van der Waals surface area contributed by atoms with Crippen LogP contribution >= 0.6 is 11.5 Å². The Bertz CT molecular complexity index is 493. The van der Waals surface area contributed by atoms with Crippen LogP contribution in [0.2, 0.25) is 0 Å². The highest BCUT2D eigenvalue weighted by Crippen LogP contribution is 2.35. The lowest BCUT2D eigenvalue weighted by Crippen LogP contribution is -2.47. The first kappa shape index (κ1) is 16.2. The van der Waals surface area contributed by atoms with E-state index in [4.69, 9.17) is 4.74 Å². The molecule has 0 atom stereocenters. The van der Waals surface area contributed by atoms with Crippen molar-refractivity contribution in [1.29, 1.82) is 0 Å². The van der Waals surface area contributed by atoms with E-state index in [1.807, 2.05) is 13.8 Å². The zero-order chi connectivity index (χ0) is 15.5. The highest BCUT2D eigenvalue weighted by atomic mass is 32.1. The number of anilines is 1. The monoisotopic (exact) mass is 311 g/mol. The van der Waals surface area contributed by atoms with Gasteiger partial charge in [0.2, 0.25) is 0 Å². The van der Waals surface area contributed by atoms with E-state index in [9.17, 15) is 4.79 Å². The van der Waals surface area contributed by atoms with Crippen LogP contribution in [0, 0.1) is 6.92 Å². The molecular weight excluding hydrogens is 286 g/mol. The van der Waals surface area contributed by atoms with Crippen molar-refractivity contribution in [2.24, 2.45) is 0 Å². The first-order chi connectivity index (χ1) is 10.00. The number of likely N-dealkylation sites (N-methyl/N-ethyl adjacent to an activating group) is 1. The Balaban J connectivity index is 2.11. The molecule has 5 nitrogen and oxygen atoms in total. The lowest BCUT2D eigenvalue weighted by Gasteiger charge is -2.36. The van der Waals surface area contributed by atoms with Crippen molar-refractivity contribution in [1.82, 2.24) is 9.27 Å². The summed E-state index contributed by atoms with van der Waals surface area (Å²) in [6.45, 7) is 4.90. The lowest BCUT2D eigenvalue weighted by atomic mass is 9.96. The summed E-state index contributed by atoms with van der Waals surface area (Å²) < 4.78 is 9.43. The number of nitrogens with one attached hydrogen (secondary N) is 1. The second-order valence-corrected chi connectivity index (χ2v) is 6.65.